The van der Waals surface area contributed by atoms with Crippen molar-refractivity contribution in [2.24, 2.45) is 0 Å². The summed E-state index contributed by atoms with van der Waals surface area (Å²) in [5.74, 6) is 0.246. The van der Waals surface area contributed by atoms with E-state index in [1.165, 1.54) is 5.69 Å². The molecule has 1 heterocycles. The van der Waals surface area contributed by atoms with Gasteiger partial charge in [-0.3, -0.25) is 9.69 Å². The summed E-state index contributed by atoms with van der Waals surface area (Å²) < 4.78 is 0. The van der Waals surface area contributed by atoms with Crippen LogP contribution in [-0.2, 0) is 0 Å². The van der Waals surface area contributed by atoms with E-state index in [2.05, 4.69) is 21.9 Å². The number of hydrogen-bond acceptors (Lipinski definition) is 3. The minimum absolute atomic E-state index is 0.246. The van der Waals surface area contributed by atoms with Crippen molar-refractivity contribution in [3.05, 3.63) is 65.2 Å². The first-order valence-electron chi connectivity index (χ1n) is 8.53. The Morgan fingerprint density at radius 2 is 1.58 bits per heavy atom. The molecule has 1 saturated heterocycles. The van der Waals surface area contributed by atoms with Crippen molar-refractivity contribution in [1.29, 1.82) is 0 Å². The molecule has 126 valence electrons. The van der Waals surface area contributed by atoms with Crippen molar-refractivity contribution in [1.82, 2.24) is 4.90 Å². The van der Waals surface area contributed by atoms with Gasteiger partial charge in [0.2, 0.25) is 0 Å². The highest BCUT2D eigenvalue weighted by molar-refractivity contribution is 6.30. The van der Waals surface area contributed by atoms with E-state index in [1.54, 1.807) is 0 Å². The average Bonchev–Trinajstić information content (AvgIpc) is 2.64. The van der Waals surface area contributed by atoms with Crippen molar-refractivity contribution < 1.29 is 4.79 Å². The van der Waals surface area contributed by atoms with Crippen LogP contribution in [0.4, 0.5) is 5.69 Å². The molecule has 1 aliphatic rings. The highest BCUT2D eigenvalue weighted by Crippen LogP contribution is 2.19. The van der Waals surface area contributed by atoms with Crippen molar-refractivity contribution in [2.75, 3.05) is 37.6 Å². The molecule has 0 atom stereocenters. The number of carbonyl (C=O) groups is 1. The van der Waals surface area contributed by atoms with Gasteiger partial charge in [-0.1, -0.05) is 41.9 Å². The Hall–Kier alpha value is -1.84. The molecule has 3 nitrogen and oxygen atoms in total. The van der Waals surface area contributed by atoms with Gasteiger partial charge in [-0.05, 0) is 37.2 Å². The number of nitrogens with zero attached hydrogens (tertiary/aromatic N) is 2. The van der Waals surface area contributed by atoms with E-state index >= 15 is 0 Å². The third-order valence-corrected chi connectivity index (χ3v) is 4.79. The maximum Gasteiger partial charge on any atom is 0.162 e. The van der Waals surface area contributed by atoms with Crippen LogP contribution in [0.2, 0.25) is 5.02 Å². The number of benzene rings is 2. The van der Waals surface area contributed by atoms with E-state index in [0.29, 0.717) is 6.42 Å². The maximum atomic E-state index is 12.1. The zero-order valence-electron chi connectivity index (χ0n) is 13.8. The van der Waals surface area contributed by atoms with Crippen molar-refractivity contribution in [3.8, 4) is 0 Å². The minimum Gasteiger partial charge on any atom is -0.369 e. The van der Waals surface area contributed by atoms with Crippen LogP contribution < -0.4 is 4.90 Å². The summed E-state index contributed by atoms with van der Waals surface area (Å²) in [5, 5.41) is 0.778. The van der Waals surface area contributed by atoms with Crippen LogP contribution in [0.5, 0.6) is 0 Å². The highest BCUT2D eigenvalue weighted by Gasteiger charge is 2.17. The fourth-order valence-electron chi connectivity index (χ4n) is 3.11. The Morgan fingerprint density at radius 3 is 2.25 bits per heavy atom. The largest absolute Gasteiger partial charge is 0.369 e. The molecule has 0 bridgehead atoms. The number of anilines is 1. The molecule has 2 aromatic carbocycles. The zero-order valence-corrected chi connectivity index (χ0v) is 14.6. The molecule has 0 unspecified atom stereocenters. The first-order valence-corrected chi connectivity index (χ1v) is 8.91. The monoisotopic (exact) mass is 342 g/mol. The molecular formula is C20H23ClN2O. The summed E-state index contributed by atoms with van der Waals surface area (Å²) in [4.78, 5) is 17.0. The van der Waals surface area contributed by atoms with Crippen LogP contribution in [0, 0.1) is 0 Å². The minimum atomic E-state index is 0.246. The van der Waals surface area contributed by atoms with Gasteiger partial charge < -0.3 is 4.90 Å². The van der Waals surface area contributed by atoms with Crippen molar-refractivity contribution in [3.63, 3.8) is 0 Å². The number of piperazine rings is 1. The number of ketones is 1. The third-order valence-electron chi connectivity index (χ3n) is 4.54. The van der Waals surface area contributed by atoms with Crippen LogP contribution in [-0.4, -0.2) is 43.4 Å². The number of carbonyl (C=O) groups excluding carboxylic acids is 1. The number of halogens is 1. The van der Waals surface area contributed by atoms with Crippen LogP contribution >= 0.6 is 11.6 Å². The lowest BCUT2D eigenvalue weighted by Crippen LogP contribution is -2.46. The predicted octanol–water partition coefficient (Wildman–Crippen LogP) is 4.13. The van der Waals surface area contributed by atoms with E-state index in [9.17, 15) is 4.79 Å². The first kappa shape index (κ1) is 17.0. The first-order chi connectivity index (χ1) is 11.7. The van der Waals surface area contributed by atoms with E-state index in [0.717, 1.165) is 49.7 Å². The number of hydrogen-bond donors (Lipinski definition) is 0. The fourth-order valence-corrected chi connectivity index (χ4v) is 3.24. The van der Waals surface area contributed by atoms with Crippen molar-refractivity contribution in [2.45, 2.75) is 12.8 Å². The Morgan fingerprint density at radius 1 is 0.917 bits per heavy atom. The summed E-state index contributed by atoms with van der Waals surface area (Å²) in [5.41, 5.74) is 2.06. The standard InChI is InChI=1S/C20H23ClN2O/c21-18-8-10-19(11-9-18)23-15-13-22(14-16-23)12-4-7-20(24)17-5-2-1-3-6-17/h1-3,5-6,8-11H,4,7,12-16H2. The highest BCUT2D eigenvalue weighted by atomic mass is 35.5. The Labute approximate surface area is 148 Å². The van der Waals surface area contributed by atoms with Gasteiger partial charge in [-0.15, -0.1) is 0 Å². The van der Waals surface area contributed by atoms with Gasteiger partial charge in [0.15, 0.2) is 5.78 Å². The summed E-state index contributed by atoms with van der Waals surface area (Å²) in [7, 11) is 0. The van der Waals surface area contributed by atoms with E-state index in [-0.39, 0.29) is 5.78 Å². The molecule has 0 amide bonds. The van der Waals surface area contributed by atoms with Gasteiger partial charge in [0.05, 0.1) is 0 Å². The SMILES string of the molecule is O=C(CCCN1CCN(c2ccc(Cl)cc2)CC1)c1ccccc1. The Balaban J connectivity index is 1.39. The summed E-state index contributed by atoms with van der Waals surface area (Å²) in [6, 6.07) is 17.6. The van der Waals surface area contributed by atoms with Gasteiger partial charge in [0.1, 0.15) is 0 Å². The normalized spacial score (nSPS) is 15.5. The molecule has 0 N–H and O–H groups in total. The Bertz CT molecular complexity index is 649. The van der Waals surface area contributed by atoms with Gasteiger partial charge in [0.25, 0.3) is 0 Å². The summed E-state index contributed by atoms with van der Waals surface area (Å²) >= 11 is 5.95. The lowest BCUT2D eigenvalue weighted by molar-refractivity contribution is 0.0974. The van der Waals surface area contributed by atoms with E-state index in [4.69, 9.17) is 11.6 Å². The smallest absolute Gasteiger partial charge is 0.162 e. The molecular weight excluding hydrogens is 320 g/mol. The van der Waals surface area contributed by atoms with E-state index in [1.807, 2.05) is 42.5 Å². The predicted molar refractivity (Wildman–Crippen MR) is 100 cm³/mol. The zero-order chi connectivity index (χ0) is 16.8. The van der Waals surface area contributed by atoms with E-state index < -0.39 is 0 Å². The second-order valence-electron chi connectivity index (χ2n) is 6.20. The third kappa shape index (κ3) is 4.59. The molecule has 0 aromatic heterocycles. The molecule has 4 heteroatoms. The molecule has 2 aromatic rings. The number of rotatable bonds is 6. The molecule has 1 fully saturated rings. The van der Waals surface area contributed by atoms with Crippen LogP contribution in [0.1, 0.15) is 23.2 Å². The quantitative estimate of drug-likeness (QED) is 0.738. The van der Waals surface area contributed by atoms with Crippen LogP contribution in [0.25, 0.3) is 0 Å². The molecule has 0 saturated carbocycles. The van der Waals surface area contributed by atoms with Crippen LogP contribution in [0.3, 0.4) is 0 Å². The molecule has 24 heavy (non-hydrogen) atoms. The lowest BCUT2D eigenvalue weighted by Gasteiger charge is -2.36. The summed E-state index contributed by atoms with van der Waals surface area (Å²) in [6.45, 7) is 5.12. The Kier molecular flexibility index (Phi) is 5.89. The molecule has 1 aliphatic heterocycles. The molecule has 3 rings (SSSR count). The maximum absolute atomic E-state index is 12.1. The van der Waals surface area contributed by atoms with Gasteiger partial charge in [0, 0.05) is 48.9 Å². The second-order valence-corrected chi connectivity index (χ2v) is 6.63. The van der Waals surface area contributed by atoms with Gasteiger partial charge >= 0.3 is 0 Å². The van der Waals surface area contributed by atoms with Gasteiger partial charge in [-0.25, -0.2) is 0 Å². The molecule has 0 spiro atoms. The molecule has 0 radical (unpaired) electrons. The summed E-state index contributed by atoms with van der Waals surface area (Å²) in [6.07, 6.45) is 1.55. The lowest BCUT2D eigenvalue weighted by atomic mass is 10.1. The van der Waals surface area contributed by atoms with Crippen molar-refractivity contribution >= 4 is 23.1 Å². The number of Topliss-reactive ketones (excluding diaryl/α,β-unsaturated/α-hetero) is 1. The average molecular weight is 343 g/mol. The fraction of sp³-hybridized carbons (Fsp3) is 0.350. The van der Waals surface area contributed by atoms with Gasteiger partial charge in [-0.2, -0.15) is 0 Å². The second kappa shape index (κ2) is 8.32. The molecule has 0 aliphatic carbocycles. The van der Waals surface area contributed by atoms with Crippen LogP contribution in [0.15, 0.2) is 54.6 Å². The topological polar surface area (TPSA) is 23.6 Å².